The van der Waals surface area contributed by atoms with Gasteiger partial charge in [0, 0.05) is 24.8 Å². The van der Waals surface area contributed by atoms with Crippen LogP contribution in [0.5, 0.6) is 0 Å². The quantitative estimate of drug-likeness (QED) is 0.885. The van der Waals surface area contributed by atoms with Crippen molar-refractivity contribution in [2.45, 2.75) is 32.4 Å². The number of rotatable bonds is 2. The molecule has 0 bridgehead atoms. The fourth-order valence-electron chi connectivity index (χ4n) is 2.29. The summed E-state index contributed by atoms with van der Waals surface area (Å²) in [6.45, 7) is 5.99. The minimum atomic E-state index is -0.0139. The summed E-state index contributed by atoms with van der Waals surface area (Å²) in [6.07, 6.45) is 1.02. The second kappa shape index (κ2) is 6.25. The highest BCUT2D eigenvalue weighted by atomic mass is 35.5. The van der Waals surface area contributed by atoms with Gasteiger partial charge in [0.1, 0.15) is 0 Å². The molecule has 0 amide bonds. The van der Waals surface area contributed by atoms with E-state index in [2.05, 4.69) is 19.2 Å². The standard InChI is InChI=1S/C14H19Cl2NO/c1-9(2)12-6-7-18-13(8-17-12)10-4-3-5-11(15)14(10)16/h3-5,9,12-13,17H,6-8H2,1-2H3. The Kier molecular flexibility index (Phi) is 4.91. The number of hydrogen-bond acceptors (Lipinski definition) is 2. The summed E-state index contributed by atoms with van der Waals surface area (Å²) in [5.41, 5.74) is 0.973. The summed E-state index contributed by atoms with van der Waals surface area (Å²) in [5, 5.41) is 4.74. The topological polar surface area (TPSA) is 21.3 Å². The Morgan fingerprint density at radius 3 is 2.83 bits per heavy atom. The highest BCUT2D eigenvalue weighted by molar-refractivity contribution is 6.42. The average Bonchev–Trinajstić information content (AvgIpc) is 2.58. The summed E-state index contributed by atoms with van der Waals surface area (Å²) < 4.78 is 5.90. The smallest absolute Gasteiger partial charge is 0.0964 e. The molecule has 0 spiro atoms. The molecule has 1 saturated heterocycles. The Hall–Kier alpha value is -0.280. The van der Waals surface area contributed by atoms with Crippen LogP contribution >= 0.6 is 23.2 Å². The predicted octanol–water partition coefficient (Wildman–Crippen LogP) is 4.07. The van der Waals surface area contributed by atoms with Gasteiger partial charge < -0.3 is 10.1 Å². The Bertz CT molecular complexity index is 409. The van der Waals surface area contributed by atoms with Crippen molar-refractivity contribution in [3.05, 3.63) is 33.8 Å². The van der Waals surface area contributed by atoms with Crippen molar-refractivity contribution < 1.29 is 4.74 Å². The van der Waals surface area contributed by atoms with Crippen LogP contribution < -0.4 is 5.32 Å². The highest BCUT2D eigenvalue weighted by Crippen LogP contribution is 2.32. The molecule has 0 aromatic heterocycles. The van der Waals surface area contributed by atoms with Crippen molar-refractivity contribution in [1.82, 2.24) is 5.32 Å². The van der Waals surface area contributed by atoms with Crippen molar-refractivity contribution in [2.75, 3.05) is 13.2 Å². The minimum Gasteiger partial charge on any atom is -0.372 e. The lowest BCUT2D eigenvalue weighted by atomic mass is 10.0. The Balaban J connectivity index is 2.12. The molecule has 0 aliphatic carbocycles. The molecule has 2 unspecified atom stereocenters. The van der Waals surface area contributed by atoms with Crippen molar-refractivity contribution in [3.8, 4) is 0 Å². The van der Waals surface area contributed by atoms with E-state index in [1.807, 2.05) is 12.1 Å². The second-order valence-electron chi connectivity index (χ2n) is 5.05. The van der Waals surface area contributed by atoms with E-state index in [0.717, 1.165) is 25.1 Å². The molecule has 2 atom stereocenters. The Morgan fingerprint density at radius 1 is 1.33 bits per heavy atom. The molecule has 1 heterocycles. The molecule has 4 heteroatoms. The fourth-order valence-corrected chi connectivity index (χ4v) is 2.72. The molecule has 1 aliphatic heterocycles. The molecule has 100 valence electrons. The first kappa shape index (κ1) is 14.1. The van der Waals surface area contributed by atoms with E-state index in [0.29, 0.717) is 22.0 Å². The summed E-state index contributed by atoms with van der Waals surface area (Å²) in [6, 6.07) is 6.20. The number of hydrogen-bond donors (Lipinski definition) is 1. The first-order chi connectivity index (χ1) is 8.59. The molecule has 1 aromatic carbocycles. The first-order valence-electron chi connectivity index (χ1n) is 6.38. The lowest BCUT2D eigenvalue weighted by Crippen LogP contribution is -2.34. The van der Waals surface area contributed by atoms with Crippen LogP contribution in [-0.2, 0) is 4.74 Å². The largest absolute Gasteiger partial charge is 0.372 e. The maximum atomic E-state index is 6.24. The molecule has 1 N–H and O–H groups in total. The van der Waals surface area contributed by atoms with Gasteiger partial charge in [0.2, 0.25) is 0 Å². The van der Waals surface area contributed by atoms with Crippen LogP contribution in [0.3, 0.4) is 0 Å². The van der Waals surface area contributed by atoms with Gasteiger partial charge in [-0.15, -0.1) is 0 Å². The van der Waals surface area contributed by atoms with Gasteiger partial charge >= 0.3 is 0 Å². The number of halogens is 2. The van der Waals surface area contributed by atoms with E-state index in [-0.39, 0.29) is 6.10 Å². The van der Waals surface area contributed by atoms with Crippen LogP contribution in [0.4, 0.5) is 0 Å². The number of nitrogens with one attached hydrogen (secondary N) is 1. The van der Waals surface area contributed by atoms with Crippen molar-refractivity contribution in [2.24, 2.45) is 5.92 Å². The molecule has 1 aromatic rings. The molecule has 0 saturated carbocycles. The molecular formula is C14H19Cl2NO. The predicted molar refractivity (Wildman–Crippen MR) is 76.4 cm³/mol. The normalized spacial score (nSPS) is 25.2. The van der Waals surface area contributed by atoms with Crippen LogP contribution in [0.25, 0.3) is 0 Å². The summed E-state index contributed by atoms with van der Waals surface area (Å²) in [5.74, 6) is 0.613. The van der Waals surface area contributed by atoms with Crippen molar-refractivity contribution in [1.29, 1.82) is 0 Å². The summed E-state index contributed by atoms with van der Waals surface area (Å²) >= 11 is 12.3. The van der Waals surface area contributed by atoms with E-state index < -0.39 is 0 Å². The van der Waals surface area contributed by atoms with E-state index in [1.165, 1.54) is 0 Å². The molecule has 0 radical (unpaired) electrons. The lowest BCUT2D eigenvalue weighted by Gasteiger charge is -2.20. The Morgan fingerprint density at radius 2 is 2.11 bits per heavy atom. The molecule has 18 heavy (non-hydrogen) atoms. The second-order valence-corrected chi connectivity index (χ2v) is 5.84. The van der Waals surface area contributed by atoms with Gasteiger partial charge in [-0.25, -0.2) is 0 Å². The van der Waals surface area contributed by atoms with Gasteiger partial charge in [-0.1, -0.05) is 49.2 Å². The van der Waals surface area contributed by atoms with Crippen LogP contribution in [0, 0.1) is 5.92 Å². The van der Waals surface area contributed by atoms with Gasteiger partial charge in [-0.2, -0.15) is 0 Å². The first-order valence-corrected chi connectivity index (χ1v) is 7.14. The zero-order chi connectivity index (χ0) is 13.1. The zero-order valence-corrected chi connectivity index (χ0v) is 12.3. The van der Waals surface area contributed by atoms with Crippen molar-refractivity contribution in [3.63, 3.8) is 0 Å². The van der Waals surface area contributed by atoms with Crippen LogP contribution in [-0.4, -0.2) is 19.2 Å². The van der Waals surface area contributed by atoms with Gasteiger partial charge in [-0.05, 0) is 18.4 Å². The maximum absolute atomic E-state index is 6.24. The third-order valence-electron chi connectivity index (χ3n) is 3.45. The van der Waals surface area contributed by atoms with E-state index >= 15 is 0 Å². The lowest BCUT2D eigenvalue weighted by molar-refractivity contribution is 0.0661. The highest BCUT2D eigenvalue weighted by Gasteiger charge is 2.23. The van der Waals surface area contributed by atoms with Crippen LogP contribution in [0.1, 0.15) is 31.9 Å². The van der Waals surface area contributed by atoms with E-state index in [1.54, 1.807) is 6.07 Å². The number of benzene rings is 1. The zero-order valence-electron chi connectivity index (χ0n) is 10.7. The van der Waals surface area contributed by atoms with E-state index in [4.69, 9.17) is 27.9 Å². The molecule has 2 rings (SSSR count). The molecule has 1 fully saturated rings. The van der Waals surface area contributed by atoms with Gasteiger partial charge in [0.25, 0.3) is 0 Å². The summed E-state index contributed by atoms with van der Waals surface area (Å²) in [4.78, 5) is 0. The fraction of sp³-hybridized carbons (Fsp3) is 0.571. The SMILES string of the molecule is CC(C)C1CCOC(c2cccc(Cl)c2Cl)CN1. The molecule has 1 aliphatic rings. The average molecular weight is 288 g/mol. The minimum absolute atomic E-state index is 0.0139. The monoisotopic (exact) mass is 287 g/mol. The van der Waals surface area contributed by atoms with Crippen LogP contribution in [0.2, 0.25) is 10.0 Å². The third kappa shape index (κ3) is 3.18. The third-order valence-corrected chi connectivity index (χ3v) is 4.28. The van der Waals surface area contributed by atoms with Gasteiger partial charge in [-0.3, -0.25) is 0 Å². The summed E-state index contributed by atoms with van der Waals surface area (Å²) in [7, 11) is 0. The molecular weight excluding hydrogens is 269 g/mol. The molecule has 2 nitrogen and oxygen atoms in total. The van der Waals surface area contributed by atoms with E-state index in [9.17, 15) is 0 Å². The Labute approximate surface area is 119 Å². The van der Waals surface area contributed by atoms with Gasteiger partial charge in [0.05, 0.1) is 16.1 Å². The van der Waals surface area contributed by atoms with Crippen molar-refractivity contribution >= 4 is 23.2 Å². The van der Waals surface area contributed by atoms with Crippen LogP contribution in [0.15, 0.2) is 18.2 Å². The maximum Gasteiger partial charge on any atom is 0.0964 e. The number of ether oxygens (including phenoxy) is 1. The van der Waals surface area contributed by atoms with Gasteiger partial charge in [0.15, 0.2) is 0 Å².